The summed E-state index contributed by atoms with van der Waals surface area (Å²) in [5.74, 6) is 0. The molecule has 0 fully saturated rings. The van der Waals surface area contributed by atoms with Crippen LogP contribution >= 0.6 is 0 Å². The molecule has 0 aliphatic heterocycles. The van der Waals surface area contributed by atoms with Gasteiger partial charge in [0.15, 0.2) is 0 Å². The molecule has 0 atom stereocenters. The van der Waals surface area contributed by atoms with Crippen LogP contribution in [0.1, 0.15) is 13.8 Å². The number of amides is 2. The lowest BCUT2D eigenvalue weighted by molar-refractivity contribution is 0.150. The maximum absolute atomic E-state index is 10.1. The largest absolute Gasteiger partial charge is 0.465 e. The Hall–Kier alpha value is -1.46. The van der Waals surface area contributed by atoms with Gasteiger partial charge in [0.1, 0.15) is 0 Å². The Labute approximate surface area is 70.6 Å². The second-order valence-electron chi connectivity index (χ2n) is 1.79. The first-order chi connectivity index (χ1) is 5.45. The fraction of sp³-hybridized carbons (Fsp3) is 0.667. The van der Waals surface area contributed by atoms with E-state index in [0.717, 1.165) is 0 Å². The van der Waals surface area contributed by atoms with Crippen LogP contribution < -0.4 is 5.73 Å². The molecule has 72 valence electrons. The fourth-order valence-corrected chi connectivity index (χ4v) is 0.494. The Balaban J connectivity index is 0. The number of hydrogen-bond acceptors (Lipinski definition) is 2. The maximum atomic E-state index is 10.1. The van der Waals surface area contributed by atoms with Crippen LogP contribution in [0.5, 0.6) is 0 Å². The van der Waals surface area contributed by atoms with Crippen molar-refractivity contribution in [2.24, 2.45) is 5.73 Å². The first-order valence-corrected chi connectivity index (χ1v) is 3.41. The van der Waals surface area contributed by atoms with Gasteiger partial charge in [-0.25, -0.2) is 9.59 Å². The molecule has 0 aromatic rings. The smallest absolute Gasteiger partial charge is 0.407 e. The zero-order valence-corrected chi connectivity index (χ0v) is 7.15. The molecule has 0 aliphatic carbocycles. The maximum Gasteiger partial charge on any atom is 0.407 e. The molecule has 6 heteroatoms. The van der Waals surface area contributed by atoms with E-state index in [1.807, 2.05) is 13.8 Å². The Morgan fingerprint density at radius 3 is 1.50 bits per heavy atom. The lowest BCUT2D eigenvalue weighted by Crippen LogP contribution is -2.28. The van der Waals surface area contributed by atoms with Crippen LogP contribution in [0.25, 0.3) is 0 Å². The zero-order valence-electron chi connectivity index (χ0n) is 7.15. The highest BCUT2D eigenvalue weighted by Gasteiger charge is 2.02. The lowest BCUT2D eigenvalue weighted by atomic mass is 10.6. The number of hydrogen-bond donors (Lipinski definition) is 3. The van der Waals surface area contributed by atoms with Crippen LogP contribution in [0.3, 0.4) is 0 Å². The number of carbonyl (C=O) groups is 2. The van der Waals surface area contributed by atoms with Gasteiger partial charge in [-0.05, 0) is 13.8 Å². The van der Waals surface area contributed by atoms with Crippen molar-refractivity contribution >= 4 is 12.2 Å². The molecule has 0 saturated heterocycles. The van der Waals surface area contributed by atoms with Gasteiger partial charge in [0.05, 0.1) is 0 Å². The minimum atomic E-state index is -1.33. The molecule has 0 rings (SSSR count). The van der Waals surface area contributed by atoms with Crippen LogP contribution in [-0.4, -0.2) is 40.4 Å². The van der Waals surface area contributed by atoms with Gasteiger partial charge in [-0.2, -0.15) is 0 Å². The highest BCUT2D eigenvalue weighted by molar-refractivity contribution is 5.64. The SMILES string of the molecule is CCN(CC)C(=O)O.NC(=O)O. The third-order valence-corrected chi connectivity index (χ3v) is 1.03. The number of primary amides is 1. The van der Waals surface area contributed by atoms with Crippen LogP contribution in [0.15, 0.2) is 0 Å². The summed E-state index contributed by atoms with van der Waals surface area (Å²) in [6.45, 7) is 4.78. The van der Waals surface area contributed by atoms with Gasteiger partial charge in [-0.1, -0.05) is 0 Å². The Morgan fingerprint density at radius 1 is 1.25 bits per heavy atom. The summed E-state index contributed by atoms with van der Waals surface area (Å²) in [4.78, 5) is 20.2. The van der Waals surface area contributed by atoms with E-state index in [-0.39, 0.29) is 0 Å². The van der Waals surface area contributed by atoms with E-state index in [1.165, 1.54) is 4.90 Å². The van der Waals surface area contributed by atoms with Gasteiger partial charge in [0.25, 0.3) is 0 Å². The van der Waals surface area contributed by atoms with E-state index in [1.54, 1.807) is 0 Å². The van der Waals surface area contributed by atoms with E-state index in [9.17, 15) is 4.79 Å². The summed E-state index contributed by atoms with van der Waals surface area (Å²) in [5.41, 5.74) is 4.03. The van der Waals surface area contributed by atoms with Crippen molar-refractivity contribution in [3.8, 4) is 0 Å². The van der Waals surface area contributed by atoms with Crippen molar-refractivity contribution < 1.29 is 19.8 Å². The van der Waals surface area contributed by atoms with Crippen molar-refractivity contribution in [2.75, 3.05) is 13.1 Å². The molecule has 0 heterocycles. The molecule has 0 spiro atoms. The van der Waals surface area contributed by atoms with E-state index in [0.29, 0.717) is 13.1 Å². The Bertz CT molecular complexity index is 140. The Morgan fingerprint density at radius 2 is 1.50 bits per heavy atom. The quantitative estimate of drug-likeness (QED) is 0.576. The highest BCUT2D eigenvalue weighted by Crippen LogP contribution is 1.84. The second kappa shape index (κ2) is 7.64. The first-order valence-electron chi connectivity index (χ1n) is 3.41. The number of carboxylic acid groups (broad SMARTS) is 2. The van der Waals surface area contributed by atoms with Crippen molar-refractivity contribution in [1.29, 1.82) is 0 Å². The van der Waals surface area contributed by atoms with Crippen molar-refractivity contribution in [3.63, 3.8) is 0 Å². The van der Waals surface area contributed by atoms with Crippen LogP contribution in [0.4, 0.5) is 9.59 Å². The minimum Gasteiger partial charge on any atom is -0.465 e. The first kappa shape index (κ1) is 13.2. The van der Waals surface area contributed by atoms with Crippen molar-refractivity contribution in [3.05, 3.63) is 0 Å². The van der Waals surface area contributed by atoms with Gasteiger partial charge in [-0.3, -0.25) is 0 Å². The summed E-state index contributed by atoms with van der Waals surface area (Å²) in [5, 5.41) is 15.5. The molecule has 4 N–H and O–H groups in total. The zero-order chi connectivity index (χ0) is 10.1. The van der Waals surface area contributed by atoms with Crippen LogP contribution in [0, 0.1) is 0 Å². The summed E-state index contributed by atoms with van der Waals surface area (Å²) < 4.78 is 0. The number of rotatable bonds is 2. The van der Waals surface area contributed by atoms with Gasteiger partial charge in [0, 0.05) is 13.1 Å². The molecule has 6 nitrogen and oxygen atoms in total. The topological polar surface area (TPSA) is 104 Å². The predicted octanol–water partition coefficient (Wildman–Crippen LogP) is 0.629. The standard InChI is InChI=1S/C5H11NO2.CH3NO2/c1-3-6(4-2)5(7)8;2-1(3)4/h3-4H2,1-2H3,(H,7,8);2H2,(H,3,4). The van der Waals surface area contributed by atoms with Gasteiger partial charge >= 0.3 is 12.2 Å². The monoisotopic (exact) mass is 178 g/mol. The average Bonchev–Trinajstić information content (AvgIpc) is 1.87. The van der Waals surface area contributed by atoms with Crippen LogP contribution in [-0.2, 0) is 0 Å². The van der Waals surface area contributed by atoms with Crippen LogP contribution in [0.2, 0.25) is 0 Å². The summed E-state index contributed by atoms with van der Waals surface area (Å²) in [6.07, 6.45) is -2.17. The summed E-state index contributed by atoms with van der Waals surface area (Å²) in [6, 6.07) is 0. The molecule has 0 aliphatic rings. The highest BCUT2D eigenvalue weighted by atomic mass is 16.4. The summed E-state index contributed by atoms with van der Waals surface area (Å²) in [7, 11) is 0. The molecule has 0 aromatic carbocycles. The van der Waals surface area contributed by atoms with E-state index < -0.39 is 12.2 Å². The van der Waals surface area contributed by atoms with Gasteiger partial charge in [-0.15, -0.1) is 0 Å². The fourth-order valence-electron chi connectivity index (χ4n) is 0.494. The van der Waals surface area contributed by atoms with E-state index in [4.69, 9.17) is 15.0 Å². The van der Waals surface area contributed by atoms with E-state index >= 15 is 0 Å². The molecule has 2 amide bonds. The molecule has 12 heavy (non-hydrogen) atoms. The van der Waals surface area contributed by atoms with Crippen molar-refractivity contribution in [2.45, 2.75) is 13.8 Å². The summed E-state index contributed by atoms with van der Waals surface area (Å²) >= 11 is 0. The molecule has 0 aromatic heterocycles. The normalized spacial score (nSPS) is 7.83. The van der Waals surface area contributed by atoms with Gasteiger partial charge < -0.3 is 20.8 Å². The number of nitrogens with zero attached hydrogens (tertiary/aromatic N) is 1. The average molecular weight is 178 g/mol. The van der Waals surface area contributed by atoms with Gasteiger partial charge in [0.2, 0.25) is 0 Å². The Kier molecular flexibility index (Phi) is 8.38. The molecule has 0 bridgehead atoms. The lowest BCUT2D eigenvalue weighted by Gasteiger charge is -2.12. The third-order valence-electron chi connectivity index (χ3n) is 1.03. The number of nitrogens with two attached hydrogens (primary N) is 1. The predicted molar refractivity (Wildman–Crippen MR) is 43.2 cm³/mol. The molecular weight excluding hydrogens is 164 g/mol. The molecule has 0 saturated carbocycles. The third kappa shape index (κ3) is 11.4. The molecule has 0 unspecified atom stereocenters. The van der Waals surface area contributed by atoms with Crippen molar-refractivity contribution in [1.82, 2.24) is 4.90 Å². The minimum absolute atomic E-state index is 0.575. The molecular formula is C6H14N2O4. The second-order valence-corrected chi connectivity index (χ2v) is 1.79. The molecule has 0 radical (unpaired) electrons. The van der Waals surface area contributed by atoms with E-state index in [2.05, 4.69) is 5.73 Å².